The lowest BCUT2D eigenvalue weighted by atomic mass is 10.4. The summed E-state index contributed by atoms with van der Waals surface area (Å²) < 4.78 is 7.09. The second-order valence-corrected chi connectivity index (χ2v) is 3.51. The van der Waals surface area contributed by atoms with Crippen LogP contribution in [0.4, 0.5) is 0 Å². The van der Waals surface area contributed by atoms with E-state index in [4.69, 9.17) is 4.74 Å². The van der Waals surface area contributed by atoms with E-state index in [9.17, 15) is 4.79 Å². The van der Waals surface area contributed by atoms with Gasteiger partial charge in [0.25, 0.3) is 0 Å². The van der Waals surface area contributed by atoms with E-state index in [1.165, 1.54) is 0 Å². The van der Waals surface area contributed by atoms with Crippen LogP contribution in [0.1, 0.15) is 20.3 Å². The Morgan fingerprint density at radius 2 is 2.21 bits per heavy atom. The maximum atomic E-state index is 11.3. The number of hydrogen-bond acceptors (Lipinski definition) is 2. The van der Waals surface area contributed by atoms with Crippen LogP contribution in [0.3, 0.4) is 0 Å². The van der Waals surface area contributed by atoms with Crippen LogP contribution in [0.25, 0.3) is 0 Å². The van der Waals surface area contributed by atoms with E-state index in [1.54, 1.807) is 22.9 Å². The van der Waals surface area contributed by atoms with Crippen molar-refractivity contribution in [3.8, 4) is 0 Å². The predicted octanol–water partition coefficient (Wildman–Crippen LogP) is 1.66. The number of aryl methyl sites for hydroxylation is 1. The molecule has 3 nitrogen and oxygen atoms in total. The highest BCUT2D eigenvalue weighted by molar-refractivity contribution is 4.92. The topological polar surface area (TPSA) is 31.2 Å². The van der Waals surface area contributed by atoms with Crippen LogP contribution in [-0.2, 0) is 11.3 Å². The minimum Gasteiger partial charge on any atom is -0.379 e. The molecule has 1 aromatic heterocycles. The normalized spacial score (nSPS) is 10.8. The summed E-state index contributed by atoms with van der Waals surface area (Å²) >= 11 is 0. The van der Waals surface area contributed by atoms with Gasteiger partial charge < -0.3 is 9.30 Å². The van der Waals surface area contributed by atoms with Gasteiger partial charge >= 0.3 is 0 Å². The lowest BCUT2D eigenvalue weighted by Gasteiger charge is -2.08. The first-order valence-corrected chi connectivity index (χ1v) is 4.97. The number of rotatable bonds is 5. The van der Waals surface area contributed by atoms with Crippen molar-refractivity contribution < 1.29 is 4.74 Å². The van der Waals surface area contributed by atoms with Gasteiger partial charge in [-0.15, -0.1) is 0 Å². The first-order valence-electron chi connectivity index (χ1n) is 4.97. The molecule has 0 aromatic carbocycles. The molecular formula is C11H17NO2. The minimum absolute atomic E-state index is 0.0528. The van der Waals surface area contributed by atoms with E-state index >= 15 is 0 Å². The molecule has 1 aromatic rings. The fraction of sp³-hybridized carbons (Fsp3) is 0.545. The molecule has 0 saturated heterocycles. The summed E-state index contributed by atoms with van der Waals surface area (Å²) in [7, 11) is 0. The smallest absolute Gasteiger partial charge is 0.250 e. The van der Waals surface area contributed by atoms with Gasteiger partial charge in [0.15, 0.2) is 0 Å². The molecule has 1 heterocycles. The van der Waals surface area contributed by atoms with Gasteiger partial charge in [-0.05, 0) is 26.3 Å². The van der Waals surface area contributed by atoms with Gasteiger partial charge in [-0.2, -0.15) is 0 Å². The average Bonchev–Trinajstić information content (AvgIpc) is 2.15. The van der Waals surface area contributed by atoms with Crippen LogP contribution < -0.4 is 5.56 Å². The number of hydrogen-bond donors (Lipinski definition) is 0. The Bertz CT molecular complexity index is 317. The quantitative estimate of drug-likeness (QED) is 0.669. The fourth-order valence-electron chi connectivity index (χ4n) is 1.20. The van der Waals surface area contributed by atoms with Crippen LogP contribution >= 0.6 is 0 Å². The molecule has 0 atom stereocenters. The van der Waals surface area contributed by atoms with Crippen molar-refractivity contribution in [3.05, 3.63) is 34.7 Å². The summed E-state index contributed by atoms with van der Waals surface area (Å²) in [6, 6.07) is 5.19. The summed E-state index contributed by atoms with van der Waals surface area (Å²) in [5.41, 5.74) is 0.0528. The van der Waals surface area contributed by atoms with Crippen molar-refractivity contribution in [2.75, 3.05) is 6.61 Å². The molecule has 0 saturated carbocycles. The zero-order valence-corrected chi connectivity index (χ0v) is 8.77. The third kappa shape index (κ3) is 3.75. The standard InChI is InChI=1S/C11H17NO2/c1-10(2)14-9-5-8-12-7-4-3-6-11(12)13/h3-4,6-7,10H,5,8-9H2,1-2H3. The number of pyridine rings is 1. The largest absolute Gasteiger partial charge is 0.379 e. The summed E-state index contributed by atoms with van der Waals surface area (Å²) in [5, 5.41) is 0. The maximum absolute atomic E-state index is 11.3. The van der Waals surface area contributed by atoms with Gasteiger partial charge in [0.2, 0.25) is 5.56 Å². The molecule has 0 bridgehead atoms. The molecule has 0 aliphatic carbocycles. The molecule has 0 fully saturated rings. The second kappa shape index (κ2) is 5.60. The number of aromatic nitrogens is 1. The number of nitrogens with zero attached hydrogens (tertiary/aromatic N) is 1. The van der Waals surface area contributed by atoms with E-state index < -0.39 is 0 Å². The van der Waals surface area contributed by atoms with E-state index in [2.05, 4.69) is 0 Å². The Kier molecular flexibility index (Phi) is 4.40. The van der Waals surface area contributed by atoms with E-state index in [0.29, 0.717) is 6.61 Å². The molecule has 0 aliphatic heterocycles. The van der Waals surface area contributed by atoms with Crippen molar-refractivity contribution in [3.63, 3.8) is 0 Å². The Morgan fingerprint density at radius 3 is 2.86 bits per heavy atom. The molecule has 0 amide bonds. The van der Waals surface area contributed by atoms with E-state index in [0.717, 1.165) is 13.0 Å². The molecule has 3 heteroatoms. The number of ether oxygens (including phenoxy) is 1. The van der Waals surface area contributed by atoms with E-state index in [-0.39, 0.29) is 11.7 Å². The highest BCUT2D eigenvalue weighted by Crippen LogP contribution is 1.92. The molecule has 14 heavy (non-hydrogen) atoms. The zero-order valence-electron chi connectivity index (χ0n) is 8.77. The molecular weight excluding hydrogens is 178 g/mol. The highest BCUT2D eigenvalue weighted by atomic mass is 16.5. The first kappa shape index (κ1) is 11.0. The molecule has 0 aliphatic rings. The summed E-state index contributed by atoms with van der Waals surface area (Å²) in [6.45, 7) is 5.45. The van der Waals surface area contributed by atoms with Crippen molar-refractivity contribution in [1.82, 2.24) is 4.57 Å². The highest BCUT2D eigenvalue weighted by Gasteiger charge is 1.95. The van der Waals surface area contributed by atoms with Gasteiger partial charge in [0.05, 0.1) is 6.10 Å². The van der Waals surface area contributed by atoms with Crippen molar-refractivity contribution in [1.29, 1.82) is 0 Å². The maximum Gasteiger partial charge on any atom is 0.250 e. The van der Waals surface area contributed by atoms with Crippen LogP contribution in [-0.4, -0.2) is 17.3 Å². The summed E-state index contributed by atoms with van der Waals surface area (Å²) in [5.74, 6) is 0. The molecule has 0 N–H and O–H groups in total. The second-order valence-electron chi connectivity index (χ2n) is 3.51. The van der Waals surface area contributed by atoms with Gasteiger partial charge in [0, 0.05) is 25.4 Å². The Hall–Kier alpha value is -1.09. The molecule has 1 rings (SSSR count). The Labute approximate surface area is 84.3 Å². The Morgan fingerprint density at radius 1 is 1.43 bits per heavy atom. The monoisotopic (exact) mass is 195 g/mol. The SMILES string of the molecule is CC(C)OCCCn1ccccc1=O. The van der Waals surface area contributed by atoms with Crippen LogP contribution in [0, 0.1) is 0 Å². The molecule has 78 valence electrons. The van der Waals surface area contributed by atoms with Crippen molar-refractivity contribution >= 4 is 0 Å². The lowest BCUT2D eigenvalue weighted by molar-refractivity contribution is 0.0747. The van der Waals surface area contributed by atoms with E-state index in [1.807, 2.05) is 19.9 Å². The van der Waals surface area contributed by atoms with Gasteiger partial charge in [-0.1, -0.05) is 6.07 Å². The van der Waals surface area contributed by atoms with Crippen molar-refractivity contribution in [2.45, 2.75) is 32.9 Å². The minimum atomic E-state index is 0.0528. The van der Waals surface area contributed by atoms with Gasteiger partial charge in [-0.25, -0.2) is 0 Å². The molecule has 0 radical (unpaired) electrons. The van der Waals surface area contributed by atoms with Crippen molar-refractivity contribution in [2.24, 2.45) is 0 Å². The zero-order chi connectivity index (χ0) is 10.4. The lowest BCUT2D eigenvalue weighted by Crippen LogP contribution is -2.19. The Balaban J connectivity index is 2.32. The third-order valence-corrected chi connectivity index (χ3v) is 1.89. The summed E-state index contributed by atoms with van der Waals surface area (Å²) in [6.07, 6.45) is 2.95. The predicted molar refractivity (Wildman–Crippen MR) is 56.4 cm³/mol. The third-order valence-electron chi connectivity index (χ3n) is 1.89. The van der Waals surface area contributed by atoms with Crippen LogP contribution in [0.15, 0.2) is 29.2 Å². The van der Waals surface area contributed by atoms with Crippen LogP contribution in [0.5, 0.6) is 0 Å². The first-order chi connectivity index (χ1) is 6.70. The van der Waals surface area contributed by atoms with Gasteiger partial charge in [0.1, 0.15) is 0 Å². The fourth-order valence-corrected chi connectivity index (χ4v) is 1.20. The van der Waals surface area contributed by atoms with Crippen LogP contribution in [0.2, 0.25) is 0 Å². The van der Waals surface area contributed by atoms with Gasteiger partial charge in [-0.3, -0.25) is 4.79 Å². The average molecular weight is 195 g/mol. The molecule has 0 unspecified atom stereocenters. The molecule has 0 spiro atoms. The summed E-state index contributed by atoms with van der Waals surface area (Å²) in [4.78, 5) is 11.3.